The first-order chi connectivity index (χ1) is 12.2. The Bertz CT molecular complexity index is 1090. The second-order valence-electron chi connectivity index (χ2n) is 4.87. The topological polar surface area (TPSA) is 57.0 Å². The number of benzene rings is 1. The van der Waals surface area contributed by atoms with Crippen LogP contribution in [0.1, 0.15) is 13.8 Å². The minimum Gasteiger partial charge on any atom is -0.496 e. The van der Waals surface area contributed by atoms with Crippen molar-refractivity contribution in [2.24, 2.45) is 0 Å². The van der Waals surface area contributed by atoms with Gasteiger partial charge in [-0.05, 0) is 30.3 Å². The molecule has 7 heteroatoms. The summed E-state index contributed by atoms with van der Waals surface area (Å²) in [5.74, 6) is 0.664. The van der Waals surface area contributed by atoms with E-state index in [9.17, 15) is 4.79 Å². The van der Waals surface area contributed by atoms with Crippen molar-refractivity contribution in [3.05, 3.63) is 58.2 Å². The molecule has 0 unspecified atom stereocenters. The number of methoxy groups -OCH3 is 1. The first kappa shape index (κ1) is 17.4. The summed E-state index contributed by atoms with van der Waals surface area (Å²) in [7, 11) is 1.59. The maximum absolute atomic E-state index is 12.8. The van der Waals surface area contributed by atoms with Gasteiger partial charge in [0.2, 0.25) is 0 Å². The number of aromatic nitrogens is 3. The molecule has 0 N–H and O–H groups in total. The summed E-state index contributed by atoms with van der Waals surface area (Å²) in [6.45, 7) is 4.00. The highest BCUT2D eigenvalue weighted by atomic mass is 35.5. The van der Waals surface area contributed by atoms with Gasteiger partial charge in [0.25, 0.3) is 5.56 Å². The Balaban J connectivity index is 0.000000880. The molecule has 3 heterocycles. The van der Waals surface area contributed by atoms with Gasteiger partial charge in [-0.15, -0.1) is 11.3 Å². The number of thiophene rings is 1. The second-order valence-corrected chi connectivity index (χ2v) is 6.30. The van der Waals surface area contributed by atoms with E-state index in [0.717, 1.165) is 10.2 Å². The lowest BCUT2D eigenvalue weighted by atomic mass is 10.2. The normalized spacial score (nSPS) is 10.6. The van der Waals surface area contributed by atoms with Crippen molar-refractivity contribution in [3.8, 4) is 11.4 Å². The van der Waals surface area contributed by atoms with E-state index in [1.54, 1.807) is 43.6 Å². The molecule has 4 aromatic rings. The molecule has 0 saturated heterocycles. The Labute approximate surface area is 153 Å². The van der Waals surface area contributed by atoms with Gasteiger partial charge >= 0.3 is 0 Å². The Hall–Kier alpha value is -2.44. The molecule has 0 saturated carbocycles. The molecule has 0 radical (unpaired) electrons. The van der Waals surface area contributed by atoms with Crippen molar-refractivity contribution >= 4 is 43.4 Å². The first-order valence-corrected chi connectivity index (χ1v) is 8.97. The maximum atomic E-state index is 12.8. The highest BCUT2D eigenvalue weighted by molar-refractivity contribution is 7.25. The lowest BCUT2D eigenvalue weighted by Crippen LogP contribution is -2.17. The van der Waals surface area contributed by atoms with E-state index in [1.165, 1.54) is 22.2 Å². The quantitative estimate of drug-likeness (QED) is 0.511. The van der Waals surface area contributed by atoms with Crippen molar-refractivity contribution in [1.29, 1.82) is 0 Å². The van der Waals surface area contributed by atoms with Crippen LogP contribution < -0.4 is 10.3 Å². The van der Waals surface area contributed by atoms with Gasteiger partial charge < -0.3 is 4.74 Å². The average Bonchev–Trinajstić information content (AvgIpc) is 3.04. The third kappa shape index (κ3) is 2.99. The predicted octanol–water partition coefficient (Wildman–Crippen LogP) is 4.68. The van der Waals surface area contributed by atoms with Crippen LogP contribution in [0.25, 0.3) is 26.1 Å². The molecule has 0 bridgehead atoms. The maximum Gasteiger partial charge on any atom is 0.275 e. The third-order valence-corrected chi connectivity index (χ3v) is 4.90. The zero-order valence-corrected chi connectivity index (χ0v) is 15.6. The third-order valence-electron chi connectivity index (χ3n) is 3.57. The molecular weight excluding hydrogens is 358 g/mol. The Morgan fingerprint density at radius 2 is 1.84 bits per heavy atom. The molecular formula is C18H16ClN3O2S. The van der Waals surface area contributed by atoms with Gasteiger partial charge in [0.1, 0.15) is 27.1 Å². The van der Waals surface area contributed by atoms with E-state index in [1.807, 2.05) is 13.8 Å². The zero-order chi connectivity index (χ0) is 18.0. The van der Waals surface area contributed by atoms with E-state index in [4.69, 9.17) is 16.3 Å². The number of rotatable bonds is 2. The van der Waals surface area contributed by atoms with Crippen LogP contribution >= 0.6 is 22.9 Å². The summed E-state index contributed by atoms with van der Waals surface area (Å²) >= 11 is 7.21. The molecule has 5 nitrogen and oxygen atoms in total. The monoisotopic (exact) mass is 373 g/mol. The molecule has 128 valence electrons. The average molecular weight is 374 g/mol. The van der Waals surface area contributed by atoms with E-state index < -0.39 is 0 Å². The van der Waals surface area contributed by atoms with Crippen LogP contribution in [-0.2, 0) is 0 Å². The molecule has 4 rings (SSSR count). The molecule has 0 aliphatic heterocycles. The van der Waals surface area contributed by atoms with Crippen molar-refractivity contribution in [3.63, 3.8) is 0 Å². The van der Waals surface area contributed by atoms with Gasteiger partial charge in [-0.3, -0.25) is 9.36 Å². The largest absolute Gasteiger partial charge is 0.496 e. The first-order valence-electron chi connectivity index (χ1n) is 7.78. The van der Waals surface area contributed by atoms with Gasteiger partial charge in [0.05, 0.1) is 18.2 Å². The number of fused-ring (bicyclic) bond motifs is 3. The van der Waals surface area contributed by atoms with Crippen molar-refractivity contribution < 1.29 is 4.74 Å². The van der Waals surface area contributed by atoms with Gasteiger partial charge in [-0.1, -0.05) is 25.4 Å². The summed E-state index contributed by atoms with van der Waals surface area (Å²) in [6.07, 6.45) is 3.18. The fourth-order valence-corrected chi connectivity index (χ4v) is 3.65. The molecule has 1 aromatic carbocycles. The highest BCUT2D eigenvalue weighted by Gasteiger charge is 2.16. The molecule has 0 atom stereocenters. The number of hydrogen-bond acceptors (Lipinski definition) is 5. The predicted molar refractivity (Wildman–Crippen MR) is 103 cm³/mol. The summed E-state index contributed by atoms with van der Waals surface area (Å²) in [6, 6.07) is 8.81. The van der Waals surface area contributed by atoms with Gasteiger partial charge in [0, 0.05) is 11.2 Å². The van der Waals surface area contributed by atoms with Gasteiger partial charge in [0.15, 0.2) is 0 Å². The number of nitrogens with zero attached hydrogens (tertiary/aromatic N) is 3. The van der Waals surface area contributed by atoms with Gasteiger partial charge in [-0.2, -0.15) is 0 Å². The van der Waals surface area contributed by atoms with E-state index >= 15 is 0 Å². The van der Waals surface area contributed by atoms with Crippen LogP contribution in [0.4, 0.5) is 0 Å². The Morgan fingerprint density at radius 1 is 1.12 bits per heavy atom. The molecule has 0 spiro atoms. The molecule has 25 heavy (non-hydrogen) atoms. The number of ether oxygens (including phenoxy) is 1. The fraction of sp³-hybridized carbons (Fsp3) is 0.167. The Morgan fingerprint density at radius 3 is 2.52 bits per heavy atom. The van der Waals surface area contributed by atoms with Crippen LogP contribution in [0, 0.1) is 0 Å². The van der Waals surface area contributed by atoms with Crippen LogP contribution in [0.2, 0.25) is 5.02 Å². The SMILES string of the molecule is CC.COc1ccnc2sc3c(=O)n(-c4ccc(Cl)cc4)cnc3c12. The number of halogens is 1. The number of hydrogen-bond donors (Lipinski definition) is 0. The number of pyridine rings is 1. The lowest BCUT2D eigenvalue weighted by molar-refractivity contribution is 0.420. The van der Waals surface area contributed by atoms with Crippen molar-refractivity contribution in [2.75, 3.05) is 7.11 Å². The molecule has 0 amide bonds. The van der Waals surface area contributed by atoms with E-state index in [0.29, 0.717) is 26.7 Å². The summed E-state index contributed by atoms with van der Waals surface area (Å²) in [5.41, 5.74) is 1.19. The summed E-state index contributed by atoms with van der Waals surface area (Å²) < 4.78 is 7.42. The molecule has 0 aliphatic rings. The van der Waals surface area contributed by atoms with Crippen LogP contribution in [0.3, 0.4) is 0 Å². The standard InChI is InChI=1S/C16H10ClN3O2S.C2H6/c1-22-11-6-7-18-15-12(11)13-14(23-15)16(21)20(8-19-13)10-4-2-9(17)3-5-10;1-2/h2-8H,1H3;1-2H3. The second kappa shape index (κ2) is 7.21. The minimum atomic E-state index is -0.137. The summed E-state index contributed by atoms with van der Waals surface area (Å²) in [5, 5.41) is 1.39. The van der Waals surface area contributed by atoms with Crippen LogP contribution in [0.15, 0.2) is 47.7 Å². The summed E-state index contributed by atoms with van der Waals surface area (Å²) in [4.78, 5) is 22.3. The molecule has 0 aliphatic carbocycles. The fourth-order valence-electron chi connectivity index (χ4n) is 2.48. The smallest absolute Gasteiger partial charge is 0.275 e. The van der Waals surface area contributed by atoms with E-state index in [2.05, 4.69) is 9.97 Å². The zero-order valence-electron chi connectivity index (χ0n) is 14.0. The van der Waals surface area contributed by atoms with Crippen LogP contribution in [-0.4, -0.2) is 21.6 Å². The Kier molecular flexibility index (Phi) is 5.01. The molecule has 0 fully saturated rings. The highest BCUT2D eigenvalue weighted by Crippen LogP contribution is 2.35. The van der Waals surface area contributed by atoms with Crippen LogP contribution in [0.5, 0.6) is 5.75 Å². The minimum absolute atomic E-state index is 0.137. The van der Waals surface area contributed by atoms with E-state index in [-0.39, 0.29) is 5.56 Å². The van der Waals surface area contributed by atoms with Gasteiger partial charge in [-0.25, -0.2) is 9.97 Å². The lowest BCUT2D eigenvalue weighted by Gasteiger charge is -2.05. The van der Waals surface area contributed by atoms with Crippen molar-refractivity contribution in [1.82, 2.24) is 14.5 Å². The molecule has 3 aromatic heterocycles. The van der Waals surface area contributed by atoms with Crippen molar-refractivity contribution in [2.45, 2.75) is 13.8 Å².